The first-order valence-electron chi connectivity index (χ1n) is 10.1. The standard InChI is InChI=1S/C27H18ClNO3/c28-21-13-10-18(11-14-21)17-31-25-15-12-19-6-4-5-9-22(19)23(25)16-24-26(29-32-27(24)30)20-7-2-1-3-8-20/h1-16H,17H2. The first kappa shape index (κ1) is 20.0. The van der Waals surface area contributed by atoms with E-state index in [4.69, 9.17) is 21.2 Å². The van der Waals surface area contributed by atoms with Crippen molar-refractivity contribution in [3.63, 3.8) is 0 Å². The lowest BCUT2D eigenvalue weighted by molar-refractivity contribution is -0.136. The van der Waals surface area contributed by atoms with E-state index in [2.05, 4.69) is 5.16 Å². The summed E-state index contributed by atoms with van der Waals surface area (Å²) in [5.74, 6) is 0.179. The van der Waals surface area contributed by atoms with E-state index in [-0.39, 0.29) is 0 Å². The number of carbonyl (C=O) groups is 1. The summed E-state index contributed by atoms with van der Waals surface area (Å²) in [4.78, 5) is 17.6. The third kappa shape index (κ3) is 4.01. The monoisotopic (exact) mass is 439 g/mol. The molecule has 0 bridgehead atoms. The van der Waals surface area contributed by atoms with Crippen LogP contribution in [0.1, 0.15) is 16.7 Å². The van der Waals surface area contributed by atoms with Crippen LogP contribution in [-0.2, 0) is 16.2 Å². The second-order valence-corrected chi connectivity index (χ2v) is 7.79. The van der Waals surface area contributed by atoms with Gasteiger partial charge < -0.3 is 9.57 Å². The van der Waals surface area contributed by atoms with Crippen LogP contribution >= 0.6 is 11.6 Å². The van der Waals surface area contributed by atoms with Crippen molar-refractivity contribution in [2.24, 2.45) is 5.16 Å². The Morgan fingerprint density at radius 2 is 1.62 bits per heavy atom. The molecule has 0 saturated carbocycles. The number of rotatable bonds is 5. The maximum absolute atomic E-state index is 12.6. The minimum absolute atomic E-state index is 0.371. The number of hydrogen-bond acceptors (Lipinski definition) is 4. The Balaban J connectivity index is 1.58. The molecule has 5 heteroatoms. The zero-order valence-electron chi connectivity index (χ0n) is 17.0. The summed E-state index contributed by atoms with van der Waals surface area (Å²) >= 11 is 5.99. The topological polar surface area (TPSA) is 47.9 Å². The first-order valence-corrected chi connectivity index (χ1v) is 10.5. The highest BCUT2D eigenvalue weighted by Crippen LogP contribution is 2.32. The molecule has 32 heavy (non-hydrogen) atoms. The Labute approximate surface area is 190 Å². The van der Waals surface area contributed by atoms with Crippen molar-refractivity contribution in [2.75, 3.05) is 0 Å². The van der Waals surface area contributed by atoms with Gasteiger partial charge in [-0.2, -0.15) is 0 Å². The van der Waals surface area contributed by atoms with Crippen LogP contribution in [0, 0.1) is 0 Å². The molecular formula is C27H18ClNO3. The van der Waals surface area contributed by atoms with Gasteiger partial charge in [-0.25, -0.2) is 4.79 Å². The quantitative estimate of drug-likeness (QED) is 0.266. The van der Waals surface area contributed by atoms with Crippen molar-refractivity contribution in [3.05, 3.63) is 118 Å². The van der Waals surface area contributed by atoms with Gasteiger partial charge in [0.1, 0.15) is 18.1 Å². The molecule has 4 aromatic rings. The van der Waals surface area contributed by atoms with E-state index in [9.17, 15) is 4.79 Å². The molecule has 0 radical (unpaired) electrons. The Morgan fingerprint density at radius 1 is 0.875 bits per heavy atom. The summed E-state index contributed by atoms with van der Waals surface area (Å²) < 4.78 is 6.18. The molecule has 156 valence electrons. The summed E-state index contributed by atoms with van der Waals surface area (Å²) in [6, 6.07) is 28.9. The fourth-order valence-corrected chi connectivity index (χ4v) is 3.78. The third-order valence-corrected chi connectivity index (χ3v) is 5.52. The van der Waals surface area contributed by atoms with Gasteiger partial charge in [-0.1, -0.05) is 89.6 Å². The highest BCUT2D eigenvalue weighted by molar-refractivity contribution is 6.31. The Hall–Kier alpha value is -3.89. The summed E-state index contributed by atoms with van der Waals surface area (Å²) in [7, 11) is 0. The van der Waals surface area contributed by atoms with E-state index in [1.807, 2.05) is 91.0 Å². The molecule has 0 amide bonds. The van der Waals surface area contributed by atoms with Gasteiger partial charge in [-0.05, 0) is 40.6 Å². The van der Waals surface area contributed by atoms with Crippen molar-refractivity contribution < 1.29 is 14.4 Å². The van der Waals surface area contributed by atoms with Crippen LogP contribution < -0.4 is 4.74 Å². The number of hydrogen-bond donors (Lipinski definition) is 0. The molecule has 0 N–H and O–H groups in total. The zero-order valence-corrected chi connectivity index (χ0v) is 17.8. The number of nitrogens with zero attached hydrogens (tertiary/aromatic N) is 1. The van der Waals surface area contributed by atoms with Crippen LogP contribution in [0.5, 0.6) is 5.75 Å². The number of oxime groups is 1. The first-order chi connectivity index (χ1) is 15.7. The molecule has 5 rings (SSSR count). The van der Waals surface area contributed by atoms with Gasteiger partial charge in [-0.15, -0.1) is 0 Å². The fourth-order valence-electron chi connectivity index (χ4n) is 3.65. The van der Waals surface area contributed by atoms with E-state index in [0.29, 0.717) is 28.7 Å². The lowest BCUT2D eigenvalue weighted by atomic mass is 9.97. The minimum atomic E-state index is -0.486. The second kappa shape index (κ2) is 8.69. The molecule has 0 saturated heterocycles. The van der Waals surface area contributed by atoms with E-state index >= 15 is 0 Å². The number of ether oxygens (including phenoxy) is 1. The molecule has 1 heterocycles. The van der Waals surface area contributed by atoms with Gasteiger partial charge in [-0.3, -0.25) is 0 Å². The fraction of sp³-hybridized carbons (Fsp3) is 0.0370. The molecule has 4 aromatic carbocycles. The van der Waals surface area contributed by atoms with Gasteiger partial charge in [0.25, 0.3) is 0 Å². The van der Waals surface area contributed by atoms with Crippen LogP contribution in [0.15, 0.2) is 102 Å². The number of halogens is 1. The van der Waals surface area contributed by atoms with Crippen molar-refractivity contribution in [3.8, 4) is 5.75 Å². The normalized spacial score (nSPS) is 14.5. The molecular weight excluding hydrogens is 422 g/mol. The van der Waals surface area contributed by atoms with Gasteiger partial charge in [0.2, 0.25) is 0 Å². The molecule has 4 nitrogen and oxygen atoms in total. The van der Waals surface area contributed by atoms with Crippen LogP contribution in [0.2, 0.25) is 5.02 Å². The molecule has 0 fully saturated rings. The third-order valence-electron chi connectivity index (χ3n) is 5.27. The van der Waals surface area contributed by atoms with Gasteiger partial charge in [0.15, 0.2) is 0 Å². The Morgan fingerprint density at radius 3 is 2.44 bits per heavy atom. The van der Waals surface area contributed by atoms with Crippen molar-refractivity contribution in [2.45, 2.75) is 6.61 Å². The summed E-state index contributed by atoms with van der Waals surface area (Å²) in [5.41, 5.74) is 3.51. The van der Waals surface area contributed by atoms with Crippen molar-refractivity contribution >= 4 is 40.1 Å². The van der Waals surface area contributed by atoms with E-state index < -0.39 is 5.97 Å². The zero-order chi connectivity index (χ0) is 21.9. The minimum Gasteiger partial charge on any atom is -0.488 e. The van der Waals surface area contributed by atoms with E-state index in [1.54, 1.807) is 6.08 Å². The second-order valence-electron chi connectivity index (χ2n) is 7.36. The van der Waals surface area contributed by atoms with Gasteiger partial charge in [0, 0.05) is 16.1 Å². The molecule has 1 aliphatic rings. The Kier molecular flexibility index (Phi) is 5.44. The average molecular weight is 440 g/mol. The number of fused-ring (bicyclic) bond motifs is 1. The summed E-state index contributed by atoms with van der Waals surface area (Å²) in [6.45, 7) is 0.371. The van der Waals surface area contributed by atoms with Crippen LogP contribution in [0.25, 0.3) is 16.8 Å². The van der Waals surface area contributed by atoms with Crippen LogP contribution in [0.3, 0.4) is 0 Å². The lowest BCUT2D eigenvalue weighted by Gasteiger charge is -2.13. The highest BCUT2D eigenvalue weighted by atomic mass is 35.5. The average Bonchev–Trinajstić information content (AvgIpc) is 3.20. The van der Waals surface area contributed by atoms with Crippen LogP contribution in [0.4, 0.5) is 0 Å². The van der Waals surface area contributed by atoms with Crippen molar-refractivity contribution in [1.82, 2.24) is 0 Å². The molecule has 0 aliphatic carbocycles. The highest BCUT2D eigenvalue weighted by Gasteiger charge is 2.27. The SMILES string of the molecule is O=C1ON=C(c2ccccc2)C1=Cc1c(OCc2ccc(Cl)cc2)ccc2ccccc12. The van der Waals surface area contributed by atoms with Gasteiger partial charge >= 0.3 is 5.97 Å². The smallest absolute Gasteiger partial charge is 0.368 e. The maximum Gasteiger partial charge on any atom is 0.368 e. The van der Waals surface area contributed by atoms with Gasteiger partial charge in [0.05, 0.1) is 5.57 Å². The predicted molar refractivity (Wildman–Crippen MR) is 127 cm³/mol. The lowest BCUT2D eigenvalue weighted by Crippen LogP contribution is -2.07. The largest absolute Gasteiger partial charge is 0.488 e. The Bertz CT molecular complexity index is 1360. The molecule has 0 atom stereocenters. The van der Waals surface area contributed by atoms with Crippen LogP contribution in [-0.4, -0.2) is 11.7 Å². The molecule has 1 aliphatic heterocycles. The molecule has 0 aromatic heterocycles. The van der Waals surface area contributed by atoms with E-state index in [1.165, 1.54) is 0 Å². The van der Waals surface area contributed by atoms with Crippen molar-refractivity contribution in [1.29, 1.82) is 0 Å². The van der Waals surface area contributed by atoms with E-state index in [0.717, 1.165) is 27.5 Å². The molecule has 0 unspecified atom stereocenters. The number of carbonyl (C=O) groups excluding carboxylic acids is 1. The summed E-state index contributed by atoms with van der Waals surface area (Å²) in [6.07, 6.45) is 1.81. The molecule has 0 spiro atoms. The summed E-state index contributed by atoms with van der Waals surface area (Å²) in [5, 5.41) is 6.72. The number of benzene rings is 4. The maximum atomic E-state index is 12.6. The predicted octanol–water partition coefficient (Wildman–Crippen LogP) is 6.42.